The number of unbranched alkanes of at least 4 members (excludes halogenated alkanes) is 1. The van der Waals surface area contributed by atoms with Crippen molar-refractivity contribution in [2.45, 2.75) is 45.3 Å². The van der Waals surface area contributed by atoms with E-state index in [4.69, 9.17) is 25.8 Å². The number of thiazole rings is 1. The minimum absolute atomic E-state index is 0.0149. The highest BCUT2D eigenvalue weighted by atomic mass is 35.5. The number of rotatable bonds is 8. The summed E-state index contributed by atoms with van der Waals surface area (Å²) in [7, 11) is 1.54. The van der Waals surface area contributed by atoms with Gasteiger partial charge in [0.15, 0.2) is 16.6 Å². The third kappa shape index (κ3) is 4.97. The van der Waals surface area contributed by atoms with Crippen LogP contribution >= 0.6 is 22.9 Å². The number of amides is 1. The number of carbonyl (C=O) groups excluding carboxylic acids is 2. The Balaban J connectivity index is 1.51. The lowest BCUT2D eigenvalue weighted by molar-refractivity contribution is -0.132. The number of aromatic nitrogens is 1. The molecule has 216 valence electrons. The molecule has 3 heterocycles. The molecule has 8 nitrogen and oxygen atoms in total. The minimum atomic E-state index is -0.969. The highest BCUT2D eigenvalue weighted by Crippen LogP contribution is 2.46. The van der Waals surface area contributed by atoms with Gasteiger partial charge in [-0.25, -0.2) is 4.98 Å². The van der Waals surface area contributed by atoms with Crippen LogP contribution in [0.2, 0.25) is 5.02 Å². The number of hydrogen-bond acceptors (Lipinski definition) is 8. The van der Waals surface area contributed by atoms with Crippen molar-refractivity contribution >= 4 is 55.7 Å². The molecule has 2 atom stereocenters. The summed E-state index contributed by atoms with van der Waals surface area (Å²) in [5, 5.41) is 12.5. The largest absolute Gasteiger partial charge is 0.507 e. The molecule has 4 aromatic rings. The number of aliphatic hydroxyl groups excluding tert-OH is 1. The summed E-state index contributed by atoms with van der Waals surface area (Å²) >= 11 is 7.45. The molecule has 0 bridgehead atoms. The Bertz CT molecular complexity index is 1750. The summed E-state index contributed by atoms with van der Waals surface area (Å²) < 4.78 is 18.1. The molecule has 1 aromatic heterocycles. The van der Waals surface area contributed by atoms with E-state index in [1.807, 2.05) is 13.0 Å². The van der Waals surface area contributed by atoms with Crippen molar-refractivity contribution < 1.29 is 28.9 Å². The molecule has 1 fully saturated rings. The van der Waals surface area contributed by atoms with Gasteiger partial charge in [-0.1, -0.05) is 42.3 Å². The molecular formula is C32H29ClN2O6S. The normalized spacial score (nSPS) is 19.3. The molecule has 42 heavy (non-hydrogen) atoms. The first-order valence-electron chi connectivity index (χ1n) is 13.8. The van der Waals surface area contributed by atoms with Gasteiger partial charge in [-0.2, -0.15) is 0 Å². The van der Waals surface area contributed by atoms with E-state index in [2.05, 4.69) is 11.9 Å². The Labute approximate surface area is 252 Å². The Kier molecular flexibility index (Phi) is 7.55. The number of carbonyl (C=O) groups is 2. The number of ether oxygens (including phenoxy) is 3. The Morgan fingerprint density at radius 3 is 2.76 bits per heavy atom. The first-order valence-corrected chi connectivity index (χ1v) is 15.0. The van der Waals surface area contributed by atoms with Gasteiger partial charge in [0, 0.05) is 17.0 Å². The highest BCUT2D eigenvalue weighted by Gasteiger charge is 2.48. The molecule has 2 aliphatic heterocycles. The predicted molar refractivity (Wildman–Crippen MR) is 163 cm³/mol. The van der Waals surface area contributed by atoms with Crippen LogP contribution in [0.4, 0.5) is 5.13 Å². The minimum Gasteiger partial charge on any atom is -0.507 e. The second-order valence-electron chi connectivity index (χ2n) is 10.3. The summed E-state index contributed by atoms with van der Waals surface area (Å²) in [6.07, 6.45) is 2.56. The van der Waals surface area contributed by atoms with Crippen LogP contribution in [0.3, 0.4) is 0 Å². The molecule has 0 unspecified atom stereocenters. The number of fused-ring (bicyclic) bond motifs is 2. The zero-order chi connectivity index (χ0) is 29.5. The molecule has 1 amide bonds. The van der Waals surface area contributed by atoms with Crippen LogP contribution in [0.5, 0.6) is 17.2 Å². The third-order valence-electron chi connectivity index (χ3n) is 7.42. The number of halogens is 1. The van der Waals surface area contributed by atoms with Gasteiger partial charge >= 0.3 is 5.91 Å². The summed E-state index contributed by atoms with van der Waals surface area (Å²) in [4.78, 5) is 33.4. The van der Waals surface area contributed by atoms with E-state index < -0.39 is 17.7 Å². The standard InChI is InChI=1S/C32H29ClN2O6S/c1-4-5-12-40-24-11-6-18(15-25(24)39-3)28-27(29(36)19-7-10-23-20(14-19)13-17(2)41-23)30(37)31(38)35(28)32-34-22-9-8-21(33)16-26(22)42-32/h6-11,14-17,28,36H,4-5,12-13H2,1-3H3/t17-,28+/m1/s1. The fourth-order valence-electron chi connectivity index (χ4n) is 5.36. The van der Waals surface area contributed by atoms with Gasteiger partial charge < -0.3 is 19.3 Å². The van der Waals surface area contributed by atoms with Crippen molar-refractivity contribution in [3.63, 3.8) is 0 Å². The number of anilines is 1. The maximum absolute atomic E-state index is 13.7. The molecule has 1 saturated heterocycles. The van der Waals surface area contributed by atoms with Crippen LogP contribution in [0, 0.1) is 0 Å². The van der Waals surface area contributed by atoms with Crippen LogP contribution in [0.25, 0.3) is 16.0 Å². The highest BCUT2D eigenvalue weighted by molar-refractivity contribution is 7.22. The van der Waals surface area contributed by atoms with Gasteiger partial charge in [-0.15, -0.1) is 0 Å². The number of hydrogen-bond donors (Lipinski definition) is 1. The summed E-state index contributed by atoms with van der Waals surface area (Å²) in [6, 6.07) is 14.8. The van der Waals surface area contributed by atoms with Crippen LogP contribution < -0.4 is 19.1 Å². The van der Waals surface area contributed by atoms with E-state index in [0.29, 0.717) is 51.3 Å². The maximum Gasteiger partial charge on any atom is 0.301 e. The van der Waals surface area contributed by atoms with Gasteiger partial charge in [0.1, 0.15) is 17.6 Å². The number of Topliss-reactive ketones (excluding diaryl/α,β-unsaturated/α-hetero) is 1. The number of methoxy groups -OCH3 is 1. The van der Waals surface area contributed by atoms with Crippen LogP contribution in [-0.4, -0.2) is 41.6 Å². The lowest BCUT2D eigenvalue weighted by atomic mass is 9.94. The SMILES string of the molecule is CCCCOc1ccc([C@H]2C(=C(O)c3ccc4c(c3)C[C@@H](C)O4)C(=O)C(=O)N2c2nc3ccc(Cl)cc3s2)cc1OC. The van der Waals surface area contributed by atoms with E-state index in [1.165, 1.54) is 23.3 Å². The molecule has 6 rings (SSSR count). The smallest absolute Gasteiger partial charge is 0.301 e. The Morgan fingerprint density at radius 2 is 1.98 bits per heavy atom. The topological polar surface area (TPSA) is 98.2 Å². The lowest BCUT2D eigenvalue weighted by Crippen LogP contribution is -2.29. The molecule has 0 saturated carbocycles. The third-order valence-corrected chi connectivity index (χ3v) is 8.67. The maximum atomic E-state index is 13.7. The molecule has 10 heteroatoms. The second kappa shape index (κ2) is 11.3. The summed E-state index contributed by atoms with van der Waals surface area (Å²) in [6.45, 7) is 4.58. The number of ketones is 1. The molecule has 1 N–H and O–H groups in total. The zero-order valence-corrected chi connectivity index (χ0v) is 24.9. The van der Waals surface area contributed by atoms with E-state index in [-0.39, 0.29) is 17.4 Å². The summed E-state index contributed by atoms with van der Waals surface area (Å²) in [5.74, 6) is -0.112. The van der Waals surface area contributed by atoms with Gasteiger partial charge in [0.05, 0.1) is 35.5 Å². The molecule has 0 spiro atoms. The molecular weight excluding hydrogens is 576 g/mol. The fourth-order valence-corrected chi connectivity index (χ4v) is 6.63. The van der Waals surface area contributed by atoms with Crippen LogP contribution in [0.15, 0.2) is 60.2 Å². The van der Waals surface area contributed by atoms with Crippen molar-refractivity contribution in [1.82, 2.24) is 4.98 Å². The Hall–Kier alpha value is -4.08. The van der Waals surface area contributed by atoms with Crippen molar-refractivity contribution in [2.75, 3.05) is 18.6 Å². The molecule has 0 aliphatic carbocycles. The number of aliphatic hydroxyl groups is 1. The van der Waals surface area contributed by atoms with Crippen molar-refractivity contribution in [2.24, 2.45) is 0 Å². The molecule has 2 aliphatic rings. The van der Waals surface area contributed by atoms with Crippen molar-refractivity contribution in [1.29, 1.82) is 0 Å². The Morgan fingerprint density at radius 1 is 1.14 bits per heavy atom. The zero-order valence-electron chi connectivity index (χ0n) is 23.3. The predicted octanol–water partition coefficient (Wildman–Crippen LogP) is 7.09. The quantitative estimate of drug-likeness (QED) is 0.0992. The van der Waals surface area contributed by atoms with Crippen molar-refractivity contribution in [3.05, 3.63) is 81.9 Å². The monoisotopic (exact) mass is 604 g/mol. The van der Waals surface area contributed by atoms with Gasteiger partial charge in [-0.05, 0) is 73.0 Å². The van der Waals surface area contributed by atoms with Crippen molar-refractivity contribution in [3.8, 4) is 17.2 Å². The number of nitrogens with zero attached hydrogens (tertiary/aromatic N) is 2. The van der Waals surface area contributed by atoms with E-state index in [0.717, 1.165) is 28.9 Å². The first-order chi connectivity index (χ1) is 20.3. The summed E-state index contributed by atoms with van der Waals surface area (Å²) in [5.41, 5.74) is 2.52. The second-order valence-corrected chi connectivity index (χ2v) is 11.8. The fraction of sp³-hybridized carbons (Fsp3) is 0.281. The van der Waals surface area contributed by atoms with Gasteiger partial charge in [0.2, 0.25) is 0 Å². The van der Waals surface area contributed by atoms with E-state index in [9.17, 15) is 14.7 Å². The number of benzene rings is 3. The van der Waals surface area contributed by atoms with Gasteiger partial charge in [0.25, 0.3) is 5.78 Å². The lowest BCUT2D eigenvalue weighted by Gasteiger charge is -2.24. The molecule has 3 aromatic carbocycles. The van der Waals surface area contributed by atoms with Gasteiger partial charge in [-0.3, -0.25) is 14.5 Å². The van der Waals surface area contributed by atoms with E-state index >= 15 is 0 Å². The first kappa shape index (κ1) is 28.1. The molecule has 0 radical (unpaired) electrons. The van der Waals surface area contributed by atoms with Crippen LogP contribution in [0.1, 0.15) is 49.4 Å². The average molecular weight is 605 g/mol. The average Bonchev–Trinajstić information content (AvgIpc) is 3.64. The van der Waals surface area contributed by atoms with Crippen LogP contribution in [-0.2, 0) is 16.0 Å². The van der Waals surface area contributed by atoms with E-state index in [1.54, 1.807) is 48.5 Å².